The highest BCUT2D eigenvalue weighted by atomic mass is 16.8. The van der Waals surface area contributed by atoms with Crippen LogP contribution in [-0.2, 0) is 4.74 Å². The standard InChI is InChI=1S/C32H58N2O3/c1-5-9-11-13-15-17-19-23-27-33(7-3)31-35-29-25-21-22-26-30(29)36-32(37-31)34(8-4)28-24-20-18-16-14-12-10-6-2/h21-22,25-26,31-32H,5-20,23-24,27-28H2,1-4H3. The minimum absolute atomic E-state index is 0.434. The highest BCUT2D eigenvalue weighted by Crippen LogP contribution is 2.33. The van der Waals surface area contributed by atoms with Crippen molar-refractivity contribution in [3.63, 3.8) is 0 Å². The molecule has 0 spiro atoms. The fourth-order valence-corrected chi connectivity index (χ4v) is 5.06. The molecule has 0 fully saturated rings. The summed E-state index contributed by atoms with van der Waals surface area (Å²) in [5.74, 6) is 1.54. The van der Waals surface area contributed by atoms with Crippen molar-refractivity contribution in [1.82, 2.24) is 9.80 Å². The fraction of sp³-hybridized carbons (Fsp3) is 0.812. The number of unbranched alkanes of at least 4 members (excludes halogenated alkanes) is 14. The van der Waals surface area contributed by atoms with Crippen molar-refractivity contribution < 1.29 is 14.2 Å². The molecule has 0 amide bonds. The average molecular weight is 519 g/mol. The molecule has 0 aromatic heterocycles. The molecule has 0 N–H and O–H groups in total. The van der Waals surface area contributed by atoms with Crippen LogP contribution in [0, 0.1) is 0 Å². The molecule has 1 heterocycles. The van der Waals surface area contributed by atoms with Crippen molar-refractivity contribution in [2.24, 2.45) is 0 Å². The lowest BCUT2D eigenvalue weighted by atomic mass is 10.1. The van der Waals surface area contributed by atoms with Crippen molar-refractivity contribution in [2.45, 2.75) is 143 Å². The van der Waals surface area contributed by atoms with Gasteiger partial charge >= 0.3 is 0 Å². The van der Waals surface area contributed by atoms with Gasteiger partial charge < -0.3 is 9.47 Å². The third-order valence-corrected chi connectivity index (χ3v) is 7.54. The monoisotopic (exact) mass is 518 g/mol. The van der Waals surface area contributed by atoms with Gasteiger partial charge in [0.25, 0.3) is 12.8 Å². The van der Waals surface area contributed by atoms with Gasteiger partial charge in [0.2, 0.25) is 0 Å². The van der Waals surface area contributed by atoms with Crippen LogP contribution in [0.2, 0.25) is 0 Å². The summed E-state index contributed by atoms with van der Waals surface area (Å²) in [6.45, 7) is 12.7. The summed E-state index contributed by atoms with van der Waals surface area (Å²) >= 11 is 0. The summed E-state index contributed by atoms with van der Waals surface area (Å²) < 4.78 is 19.4. The third kappa shape index (κ3) is 12.9. The molecule has 0 aliphatic carbocycles. The van der Waals surface area contributed by atoms with E-state index in [0.29, 0.717) is 0 Å². The largest absolute Gasteiger partial charge is 0.447 e. The van der Waals surface area contributed by atoms with E-state index >= 15 is 0 Å². The normalized spacial score (nSPS) is 17.5. The van der Waals surface area contributed by atoms with E-state index in [0.717, 1.165) is 37.7 Å². The third-order valence-electron chi connectivity index (χ3n) is 7.54. The quantitative estimate of drug-likeness (QED) is 0.143. The Morgan fingerprint density at radius 3 is 1.22 bits per heavy atom. The molecule has 1 aliphatic heterocycles. The molecule has 37 heavy (non-hydrogen) atoms. The van der Waals surface area contributed by atoms with Gasteiger partial charge in [-0.25, -0.2) is 9.80 Å². The first-order valence-electron chi connectivity index (χ1n) is 15.8. The van der Waals surface area contributed by atoms with Crippen LogP contribution in [0.3, 0.4) is 0 Å². The number of ether oxygens (including phenoxy) is 3. The molecular formula is C32H58N2O3. The zero-order valence-electron chi connectivity index (χ0n) is 24.7. The van der Waals surface area contributed by atoms with Crippen LogP contribution in [0.5, 0.6) is 11.5 Å². The Bertz CT molecular complexity index is 616. The lowest BCUT2D eigenvalue weighted by molar-refractivity contribution is -0.275. The van der Waals surface area contributed by atoms with Crippen molar-refractivity contribution >= 4 is 0 Å². The van der Waals surface area contributed by atoms with Crippen LogP contribution in [0.4, 0.5) is 0 Å². The van der Waals surface area contributed by atoms with Gasteiger partial charge in [-0.2, -0.15) is 0 Å². The predicted octanol–water partition coefficient (Wildman–Crippen LogP) is 8.97. The topological polar surface area (TPSA) is 34.2 Å². The van der Waals surface area contributed by atoms with E-state index in [1.807, 2.05) is 24.3 Å². The van der Waals surface area contributed by atoms with E-state index < -0.39 is 12.8 Å². The number of para-hydroxylation sites is 2. The number of fused-ring (bicyclic) bond motifs is 1. The van der Waals surface area contributed by atoms with Gasteiger partial charge in [0.15, 0.2) is 11.5 Å². The van der Waals surface area contributed by atoms with Gasteiger partial charge in [-0.05, 0) is 25.0 Å². The van der Waals surface area contributed by atoms with Crippen LogP contribution in [0.25, 0.3) is 0 Å². The lowest BCUT2D eigenvalue weighted by Gasteiger charge is -2.34. The summed E-state index contributed by atoms with van der Waals surface area (Å²) in [5.41, 5.74) is 0. The summed E-state index contributed by atoms with van der Waals surface area (Å²) in [5, 5.41) is 0. The van der Waals surface area contributed by atoms with Crippen molar-refractivity contribution in [1.29, 1.82) is 0 Å². The SMILES string of the molecule is CCCCCCCCCCN(CC)C1Oc2ccccc2OC(N(CC)CCCCCCCCCC)O1. The maximum atomic E-state index is 6.55. The Balaban J connectivity index is 1.88. The van der Waals surface area contributed by atoms with E-state index in [1.165, 1.54) is 103 Å². The first-order valence-corrected chi connectivity index (χ1v) is 15.8. The first-order chi connectivity index (χ1) is 18.2. The molecule has 2 atom stereocenters. The van der Waals surface area contributed by atoms with E-state index in [1.54, 1.807) is 0 Å². The maximum Gasteiger partial charge on any atom is 0.266 e. The number of hydrogen-bond acceptors (Lipinski definition) is 5. The molecule has 2 rings (SSSR count). The molecule has 214 valence electrons. The lowest BCUT2D eigenvalue weighted by Crippen LogP contribution is -2.49. The summed E-state index contributed by atoms with van der Waals surface area (Å²) in [6.07, 6.45) is 20.3. The van der Waals surface area contributed by atoms with Gasteiger partial charge in [0.05, 0.1) is 0 Å². The summed E-state index contributed by atoms with van der Waals surface area (Å²) in [4.78, 5) is 4.64. The number of benzene rings is 1. The molecule has 0 bridgehead atoms. The van der Waals surface area contributed by atoms with E-state index in [-0.39, 0.29) is 0 Å². The second kappa shape index (κ2) is 20.6. The highest BCUT2D eigenvalue weighted by molar-refractivity contribution is 5.39. The van der Waals surface area contributed by atoms with Gasteiger partial charge in [-0.1, -0.05) is 130 Å². The zero-order valence-corrected chi connectivity index (χ0v) is 24.7. The predicted molar refractivity (Wildman–Crippen MR) is 156 cm³/mol. The van der Waals surface area contributed by atoms with Crippen molar-refractivity contribution in [2.75, 3.05) is 26.2 Å². The van der Waals surface area contributed by atoms with Crippen LogP contribution in [0.15, 0.2) is 24.3 Å². The molecule has 1 aromatic carbocycles. The zero-order chi connectivity index (χ0) is 26.6. The molecule has 5 nitrogen and oxygen atoms in total. The number of nitrogens with zero attached hydrogens (tertiary/aromatic N) is 2. The van der Waals surface area contributed by atoms with Crippen LogP contribution in [-0.4, -0.2) is 48.8 Å². The van der Waals surface area contributed by atoms with Crippen LogP contribution in [0.1, 0.15) is 130 Å². The number of hydrogen-bond donors (Lipinski definition) is 0. The maximum absolute atomic E-state index is 6.55. The van der Waals surface area contributed by atoms with Crippen LogP contribution < -0.4 is 9.47 Å². The molecule has 2 unspecified atom stereocenters. The Labute approximate surface area is 229 Å². The second-order valence-electron chi connectivity index (χ2n) is 10.6. The summed E-state index contributed by atoms with van der Waals surface area (Å²) in [7, 11) is 0. The second-order valence-corrected chi connectivity index (χ2v) is 10.6. The molecular weight excluding hydrogens is 460 g/mol. The van der Waals surface area contributed by atoms with Crippen LogP contribution >= 0.6 is 0 Å². The fourth-order valence-electron chi connectivity index (χ4n) is 5.06. The minimum Gasteiger partial charge on any atom is -0.447 e. The van der Waals surface area contributed by atoms with Crippen molar-refractivity contribution in [3.8, 4) is 11.5 Å². The average Bonchev–Trinajstić information content (AvgIpc) is 3.11. The Kier molecular flexibility index (Phi) is 17.8. The Morgan fingerprint density at radius 1 is 0.514 bits per heavy atom. The number of rotatable bonds is 22. The van der Waals surface area contributed by atoms with E-state index in [4.69, 9.17) is 14.2 Å². The first kappa shape index (κ1) is 31.9. The molecule has 5 heteroatoms. The molecule has 0 radical (unpaired) electrons. The smallest absolute Gasteiger partial charge is 0.266 e. The Hall–Kier alpha value is -1.30. The van der Waals surface area contributed by atoms with Gasteiger partial charge in [0.1, 0.15) is 0 Å². The molecule has 1 aromatic rings. The molecule has 0 saturated carbocycles. The minimum atomic E-state index is -0.434. The van der Waals surface area contributed by atoms with Gasteiger partial charge in [-0.15, -0.1) is 0 Å². The van der Waals surface area contributed by atoms with Crippen molar-refractivity contribution in [3.05, 3.63) is 24.3 Å². The molecule has 0 saturated heterocycles. The van der Waals surface area contributed by atoms with Gasteiger partial charge in [0, 0.05) is 26.2 Å². The summed E-state index contributed by atoms with van der Waals surface area (Å²) in [6, 6.07) is 8.00. The molecule has 1 aliphatic rings. The van der Waals surface area contributed by atoms with E-state index in [9.17, 15) is 0 Å². The van der Waals surface area contributed by atoms with E-state index in [2.05, 4.69) is 37.5 Å². The van der Waals surface area contributed by atoms with Gasteiger partial charge in [-0.3, -0.25) is 4.74 Å². The highest BCUT2D eigenvalue weighted by Gasteiger charge is 2.32. The Morgan fingerprint density at radius 2 is 0.865 bits per heavy atom.